The lowest BCUT2D eigenvalue weighted by Gasteiger charge is -2.31. The third-order valence-corrected chi connectivity index (χ3v) is 5.35. The van der Waals surface area contributed by atoms with E-state index < -0.39 is 18.0 Å². The van der Waals surface area contributed by atoms with Crippen molar-refractivity contribution in [3.8, 4) is 6.19 Å². The summed E-state index contributed by atoms with van der Waals surface area (Å²) in [5.74, 6) is 0.106. The number of nitrogens with zero attached hydrogens (tertiary/aromatic N) is 4. The van der Waals surface area contributed by atoms with Gasteiger partial charge in [-0.05, 0) is 12.3 Å². The second kappa shape index (κ2) is 11.5. The predicted molar refractivity (Wildman–Crippen MR) is 104 cm³/mol. The normalized spacial score (nSPS) is 20.4. The highest BCUT2D eigenvalue weighted by Crippen LogP contribution is 2.27. The molecule has 1 atom stereocenters. The van der Waals surface area contributed by atoms with Crippen molar-refractivity contribution in [3.63, 3.8) is 0 Å². The van der Waals surface area contributed by atoms with Crippen LogP contribution in [0.5, 0.6) is 0 Å². The molecule has 156 valence electrons. The Labute approximate surface area is 166 Å². The second-order valence-electron chi connectivity index (χ2n) is 7.44. The van der Waals surface area contributed by atoms with Crippen LogP contribution in [0.25, 0.3) is 0 Å². The molecule has 2 amide bonds. The van der Waals surface area contributed by atoms with Crippen LogP contribution in [0.2, 0.25) is 0 Å². The number of carbonyl (C=O) groups is 2. The van der Waals surface area contributed by atoms with E-state index >= 15 is 0 Å². The molecule has 9 nitrogen and oxygen atoms in total. The molecule has 1 aliphatic heterocycles. The molecular weight excluding hydrogens is 362 g/mol. The van der Waals surface area contributed by atoms with E-state index in [1.807, 2.05) is 6.19 Å². The molecule has 9 heteroatoms. The number of morpholine rings is 1. The number of rotatable bonds is 4. The van der Waals surface area contributed by atoms with E-state index in [1.54, 1.807) is 4.90 Å². The maximum absolute atomic E-state index is 12.8. The van der Waals surface area contributed by atoms with E-state index in [1.165, 1.54) is 26.3 Å². The Morgan fingerprint density at radius 2 is 1.86 bits per heavy atom. The molecule has 2 rings (SSSR count). The van der Waals surface area contributed by atoms with Crippen molar-refractivity contribution in [2.75, 3.05) is 33.4 Å². The molecule has 0 radical (unpaired) electrons. The number of nitrogens with one attached hydrogen (secondary N) is 1. The number of amides is 2. The summed E-state index contributed by atoms with van der Waals surface area (Å²) in [5.41, 5.74) is 0. The molecule has 28 heavy (non-hydrogen) atoms. The number of carbonyl (C=O) groups excluding carboxylic acids is 1. The molecule has 1 aliphatic carbocycles. The summed E-state index contributed by atoms with van der Waals surface area (Å²) in [6.07, 6.45) is 9.15. The van der Waals surface area contributed by atoms with Crippen molar-refractivity contribution < 1.29 is 19.4 Å². The van der Waals surface area contributed by atoms with Gasteiger partial charge in [0.25, 0.3) is 5.91 Å². The number of hydrogen-bond donors (Lipinski definition) is 2. The first-order chi connectivity index (χ1) is 13.5. The summed E-state index contributed by atoms with van der Waals surface area (Å²) in [4.78, 5) is 31.3. The highest BCUT2D eigenvalue weighted by Gasteiger charge is 2.28. The average molecular weight is 393 g/mol. The van der Waals surface area contributed by atoms with Crippen molar-refractivity contribution in [1.82, 2.24) is 15.1 Å². The van der Waals surface area contributed by atoms with Gasteiger partial charge in [-0.3, -0.25) is 15.0 Å². The second-order valence-corrected chi connectivity index (χ2v) is 7.44. The maximum Gasteiger partial charge on any atom is 0.411 e. The molecular formula is C19H31N5O4. The molecule has 0 aromatic rings. The fourth-order valence-corrected chi connectivity index (χ4v) is 3.79. The first kappa shape index (κ1) is 22.0. The molecule has 1 saturated heterocycles. The van der Waals surface area contributed by atoms with Crippen LogP contribution in [0.3, 0.4) is 0 Å². The topological polar surface area (TPSA) is 118 Å². The standard InChI is InChI=1S/C19H31N5O4/c1-23(14-20)17(25)16(13-15-7-5-3-2-4-6-8-15)21-18(22-19(26)27)24-9-11-28-12-10-24/h15-16H,2-13H2,1H3,(H,21,22)(H,26,27). The van der Waals surface area contributed by atoms with E-state index in [4.69, 9.17) is 10.00 Å². The highest BCUT2D eigenvalue weighted by molar-refractivity contribution is 5.95. The largest absolute Gasteiger partial charge is 0.465 e. The van der Waals surface area contributed by atoms with Gasteiger partial charge in [-0.2, -0.15) is 5.26 Å². The zero-order valence-corrected chi connectivity index (χ0v) is 16.6. The Balaban J connectivity index is 2.23. The number of guanidine groups is 1. The quantitative estimate of drug-likeness (QED) is 0.326. The molecule has 0 aromatic carbocycles. The first-order valence-corrected chi connectivity index (χ1v) is 10.1. The van der Waals surface area contributed by atoms with Crippen LogP contribution in [-0.2, 0) is 9.53 Å². The van der Waals surface area contributed by atoms with Crippen LogP contribution in [0.15, 0.2) is 4.99 Å². The van der Waals surface area contributed by atoms with Crippen LogP contribution in [0, 0.1) is 17.4 Å². The Hall–Kier alpha value is -2.34. The minimum atomic E-state index is -1.23. The van der Waals surface area contributed by atoms with Gasteiger partial charge in [0.1, 0.15) is 6.04 Å². The maximum atomic E-state index is 12.8. The first-order valence-electron chi connectivity index (χ1n) is 10.1. The molecule has 1 unspecified atom stereocenters. The average Bonchev–Trinajstić information content (AvgIpc) is 2.67. The third kappa shape index (κ3) is 7.00. The van der Waals surface area contributed by atoms with Crippen molar-refractivity contribution in [1.29, 1.82) is 5.26 Å². The predicted octanol–water partition coefficient (Wildman–Crippen LogP) is 2.00. The van der Waals surface area contributed by atoms with Crippen molar-refractivity contribution in [2.24, 2.45) is 10.9 Å². The van der Waals surface area contributed by atoms with Crippen molar-refractivity contribution in [3.05, 3.63) is 0 Å². The summed E-state index contributed by atoms with van der Waals surface area (Å²) < 4.78 is 5.32. The molecule has 0 spiro atoms. The van der Waals surface area contributed by atoms with Crippen LogP contribution >= 0.6 is 0 Å². The van der Waals surface area contributed by atoms with E-state index in [9.17, 15) is 14.7 Å². The summed E-state index contributed by atoms with van der Waals surface area (Å²) >= 11 is 0. The summed E-state index contributed by atoms with van der Waals surface area (Å²) in [6, 6.07) is -0.779. The van der Waals surface area contributed by atoms with Gasteiger partial charge in [-0.25, -0.2) is 9.79 Å². The Morgan fingerprint density at radius 1 is 1.25 bits per heavy atom. The molecule has 0 aromatic heterocycles. The fourth-order valence-electron chi connectivity index (χ4n) is 3.79. The van der Waals surface area contributed by atoms with Crippen LogP contribution in [0.4, 0.5) is 4.79 Å². The Bertz CT molecular complexity index is 590. The SMILES string of the molecule is CN(C#N)C(=O)C(CC1CCCCCCC1)N=C(NC(=O)O)N1CCOCC1. The zero-order chi connectivity index (χ0) is 20.4. The number of likely N-dealkylation sites (N-methyl/N-ethyl adjacent to an activating group) is 1. The lowest BCUT2D eigenvalue weighted by Crippen LogP contribution is -2.50. The van der Waals surface area contributed by atoms with Gasteiger partial charge in [0.15, 0.2) is 6.19 Å². The molecule has 1 saturated carbocycles. The number of aliphatic imine (C=N–C) groups is 1. The number of carboxylic acid groups (broad SMARTS) is 1. The van der Waals surface area contributed by atoms with Gasteiger partial charge in [-0.15, -0.1) is 0 Å². The van der Waals surface area contributed by atoms with Gasteiger partial charge in [0.05, 0.1) is 13.2 Å². The van der Waals surface area contributed by atoms with Gasteiger partial charge >= 0.3 is 6.09 Å². The molecule has 0 bridgehead atoms. The zero-order valence-electron chi connectivity index (χ0n) is 16.6. The van der Waals surface area contributed by atoms with Crippen LogP contribution < -0.4 is 5.32 Å². The minimum absolute atomic E-state index is 0.159. The minimum Gasteiger partial charge on any atom is -0.465 e. The highest BCUT2D eigenvalue weighted by atomic mass is 16.5. The van der Waals surface area contributed by atoms with Gasteiger partial charge in [0, 0.05) is 20.1 Å². The molecule has 2 N–H and O–H groups in total. The summed E-state index contributed by atoms with van der Waals surface area (Å²) in [7, 11) is 1.42. The van der Waals surface area contributed by atoms with E-state index in [2.05, 4.69) is 10.3 Å². The Morgan fingerprint density at radius 3 is 2.43 bits per heavy atom. The van der Waals surface area contributed by atoms with E-state index in [-0.39, 0.29) is 5.96 Å². The molecule has 2 aliphatic rings. The lowest BCUT2D eigenvalue weighted by molar-refractivity contribution is -0.128. The van der Waals surface area contributed by atoms with Crippen molar-refractivity contribution in [2.45, 2.75) is 57.4 Å². The van der Waals surface area contributed by atoms with Gasteiger partial charge in [-0.1, -0.05) is 44.9 Å². The Kier molecular flexibility index (Phi) is 9.01. The monoisotopic (exact) mass is 393 g/mol. The number of hydrogen-bond acceptors (Lipinski definition) is 5. The third-order valence-electron chi connectivity index (χ3n) is 5.35. The van der Waals surface area contributed by atoms with Gasteiger partial charge < -0.3 is 14.7 Å². The smallest absolute Gasteiger partial charge is 0.411 e. The van der Waals surface area contributed by atoms with E-state index in [0.717, 1.165) is 30.6 Å². The fraction of sp³-hybridized carbons (Fsp3) is 0.789. The van der Waals surface area contributed by atoms with Crippen LogP contribution in [0.1, 0.15) is 51.4 Å². The number of nitriles is 1. The number of ether oxygens (including phenoxy) is 1. The van der Waals surface area contributed by atoms with Gasteiger partial charge in [0.2, 0.25) is 5.96 Å². The van der Waals surface area contributed by atoms with E-state index in [0.29, 0.717) is 38.6 Å². The van der Waals surface area contributed by atoms with Crippen molar-refractivity contribution >= 4 is 18.0 Å². The molecule has 2 fully saturated rings. The lowest BCUT2D eigenvalue weighted by atomic mass is 9.86. The van der Waals surface area contributed by atoms with Crippen LogP contribution in [-0.4, -0.2) is 72.3 Å². The molecule has 1 heterocycles. The summed E-state index contributed by atoms with van der Waals surface area (Å²) in [5, 5.41) is 20.7. The summed E-state index contributed by atoms with van der Waals surface area (Å²) in [6.45, 7) is 1.94.